The fourth-order valence-corrected chi connectivity index (χ4v) is 2.28. The van der Waals surface area contributed by atoms with E-state index < -0.39 is 0 Å². The Morgan fingerprint density at radius 3 is 2.39 bits per heavy atom. The Balaban J connectivity index is 2.51. The van der Waals surface area contributed by atoms with Crippen molar-refractivity contribution < 1.29 is 19.0 Å². The molecule has 1 heterocycles. The van der Waals surface area contributed by atoms with Crippen molar-refractivity contribution in [2.24, 2.45) is 5.41 Å². The Bertz CT molecular complexity index is 221. The summed E-state index contributed by atoms with van der Waals surface area (Å²) in [7, 11) is 3.38. The first-order valence-electron chi connectivity index (χ1n) is 6.50. The predicted octanol–water partition coefficient (Wildman–Crippen LogP) is 0.577. The van der Waals surface area contributed by atoms with Crippen molar-refractivity contribution >= 4 is 6.29 Å². The summed E-state index contributed by atoms with van der Waals surface area (Å²) in [6.07, 6.45) is 2.94. The van der Waals surface area contributed by atoms with Crippen molar-refractivity contribution in [1.82, 2.24) is 4.90 Å². The van der Waals surface area contributed by atoms with Gasteiger partial charge in [-0.05, 0) is 12.8 Å². The molecule has 18 heavy (non-hydrogen) atoms. The first-order valence-corrected chi connectivity index (χ1v) is 6.50. The van der Waals surface area contributed by atoms with E-state index in [4.69, 9.17) is 14.2 Å². The molecular formula is C13H25NO4. The summed E-state index contributed by atoms with van der Waals surface area (Å²) in [6, 6.07) is 0. The van der Waals surface area contributed by atoms with Gasteiger partial charge in [0.1, 0.15) is 6.29 Å². The van der Waals surface area contributed by atoms with E-state index in [-0.39, 0.29) is 5.41 Å². The van der Waals surface area contributed by atoms with Crippen LogP contribution in [0.1, 0.15) is 12.8 Å². The maximum absolute atomic E-state index is 11.4. The topological polar surface area (TPSA) is 48.0 Å². The van der Waals surface area contributed by atoms with Crippen LogP contribution in [-0.2, 0) is 19.0 Å². The second kappa shape index (κ2) is 8.58. The van der Waals surface area contributed by atoms with E-state index in [9.17, 15) is 4.79 Å². The fourth-order valence-electron chi connectivity index (χ4n) is 2.28. The summed E-state index contributed by atoms with van der Waals surface area (Å²) in [5.74, 6) is 0. The molecule has 1 aliphatic rings. The number of hydrogen-bond acceptors (Lipinski definition) is 5. The van der Waals surface area contributed by atoms with Gasteiger partial charge in [0.25, 0.3) is 0 Å². The smallest absolute Gasteiger partial charge is 0.129 e. The van der Waals surface area contributed by atoms with E-state index in [1.54, 1.807) is 14.2 Å². The lowest BCUT2D eigenvalue weighted by Crippen LogP contribution is -2.46. The van der Waals surface area contributed by atoms with Gasteiger partial charge >= 0.3 is 0 Å². The minimum Gasteiger partial charge on any atom is -0.383 e. The molecule has 0 saturated carbocycles. The first-order chi connectivity index (χ1) is 8.76. The van der Waals surface area contributed by atoms with Gasteiger partial charge < -0.3 is 19.0 Å². The van der Waals surface area contributed by atoms with Crippen LogP contribution in [-0.4, -0.2) is 71.5 Å². The maximum Gasteiger partial charge on any atom is 0.129 e. The van der Waals surface area contributed by atoms with E-state index in [1.807, 2.05) is 0 Å². The van der Waals surface area contributed by atoms with Crippen molar-refractivity contribution in [2.75, 3.05) is 60.3 Å². The minimum absolute atomic E-state index is 0.347. The van der Waals surface area contributed by atoms with Gasteiger partial charge in [0.15, 0.2) is 0 Å². The quantitative estimate of drug-likeness (QED) is 0.567. The molecule has 0 amide bonds. The summed E-state index contributed by atoms with van der Waals surface area (Å²) in [5, 5.41) is 0. The van der Waals surface area contributed by atoms with Crippen molar-refractivity contribution in [3.63, 3.8) is 0 Å². The zero-order valence-corrected chi connectivity index (χ0v) is 11.5. The summed E-state index contributed by atoms with van der Waals surface area (Å²) in [5.41, 5.74) is -0.347. The van der Waals surface area contributed by atoms with Gasteiger partial charge in [-0.1, -0.05) is 0 Å². The minimum atomic E-state index is -0.347. The molecule has 0 aromatic heterocycles. The average molecular weight is 259 g/mol. The van der Waals surface area contributed by atoms with E-state index in [0.29, 0.717) is 19.8 Å². The Hall–Kier alpha value is -0.490. The van der Waals surface area contributed by atoms with Crippen LogP contribution in [0.3, 0.4) is 0 Å². The van der Waals surface area contributed by atoms with Crippen molar-refractivity contribution in [3.05, 3.63) is 0 Å². The Morgan fingerprint density at radius 2 is 1.94 bits per heavy atom. The molecule has 0 aromatic rings. The molecule has 1 saturated heterocycles. The average Bonchev–Trinajstić information content (AvgIpc) is 2.43. The second-order valence-electron chi connectivity index (χ2n) is 4.90. The van der Waals surface area contributed by atoms with Crippen LogP contribution in [0, 0.1) is 5.41 Å². The van der Waals surface area contributed by atoms with Crippen LogP contribution < -0.4 is 0 Å². The van der Waals surface area contributed by atoms with E-state index in [0.717, 1.165) is 45.4 Å². The summed E-state index contributed by atoms with van der Waals surface area (Å²) < 4.78 is 15.7. The maximum atomic E-state index is 11.4. The first kappa shape index (κ1) is 15.6. The molecule has 106 valence electrons. The third kappa shape index (κ3) is 5.02. The highest BCUT2D eigenvalue weighted by Crippen LogP contribution is 2.27. The second-order valence-corrected chi connectivity index (χ2v) is 4.90. The molecule has 5 heteroatoms. The SMILES string of the molecule is COCCN(CCOC)CC1(C=O)CCCOC1. The number of hydrogen-bond donors (Lipinski definition) is 0. The molecule has 1 aliphatic heterocycles. The molecule has 1 unspecified atom stereocenters. The molecule has 0 radical (unpaired) electrons. The highest BCUT2D eigenvalue weighted by Gasteiger charge is 2.34. The monoisotopic (exact) mass is 259 g/mol. The molecule has 0 N–H and O–H groups in total. The summed E-state index contributed by atoms with van der Waals surface area (Å²) in [4.78, 5) is 13.6. The van der Waals surface area contributed by atoms with Crippen LogP contribution in [0.15, 0.2) is 0 Å². The van der Waals surface area contributed by atoms with E-state index in [1.165, 1.54) is 0 Å². The zero-order chi connectivity index (χ0) is 13.3. The van der Waals surface area contributed by atoms with E-state index in [2.05, 4.69) is 4.90 Å². The molecular weight excluding hydrogens is 234 g/mol. The number of carbonyl (C=O) groups excluding carboxylic acids is 1. The molecule has 0 aliphatic carbocycles. The Kier molecular flexibility index (Phi) is 7.42. The molecule has 1 fully saturated rings. The highest BCUT2D eigenvalue weighted by molar-refractivity contribution is 5.60. The van der Waals surface area contributed by atoms with Crippen molar-refractivity contribution in [3.8, 4) is 0 Å². The standard InChI is InChI=1S/C13H25NO4/c1-16-8-5-14(6-9-17-2)10-13(11-15)4-3-7-18-12-13/h11H,3-10,12H2,1-2H3. The van der Waals surface area contributed by atoms with Gasteiger partial charge in [0.05, 0.1) is 25.2 Å². The molecule has 0 aromatic carbocycles. The predicted molar refractivity (Wildman–Crippen MR) is 68.7 cm³/mol. The lowest BCUT2D eigenvalue weighted by Gasteiger charge is -2.36. The number of nitrogens with zero attached hydrogens (tertiary/aromatic N) is 1. The third-order valence-corrected chi connectivity index (χ3v) is 3.36. The summed E-state index contributed by atoms with van der Waals surface area (Å²) >= 11 is 0. The van der Waals surface area contributed by atoms with Crippen molar-refractivity contribution in [2.45, 2.75) is 12.8 Å². The van der Waals surface area contributed by atoms with Crippen LogP contribution >= 0.6 is 0 Å². The van der Waals surface area contributed by atoms with Gasteiger partial charge in [-0.15, -0.1) is 0 Å². The zero-order valence-electron chi connectivity index (χ0n) is 11.5. The van der Waals surface area contributed by atoms with Crippen LogP contribution in [0.2, 0.25) is 0 Å². The summed E-state index contributed by atoms with van der Waals surface area (Å²) in [6.45, 7) is 4.99. The van der Waals surface area contributed by atoms with Gasteiger partial charge in [-0.25, -0.2) is 0 Å². The number of ether oxygens (including phenoxy) is 3. The third-order valence-electron chi connectivity index (χ3n) is 3.36. The molecule has 0 bridgehead atoms. The number of methoxy groups -OCH3 is 2. The fraction of sp³-hybridized carbons (Fsp3) is 0.923. The highest BCUT2D eigenvalue weighted by atomic mass is 16.5. The lowest BCUT2D eigenvalue weighted by atomic mass is 9.83. The number of aldehydes is 1. The van der Waals surface area contributed by atoms with Crippen LogP contribution in [0.25, 0.3) is 0 Å². The van der Waals surface area contributed by atoms with Crippen molar-refractivity contribution in [1.29, 1.82) is 0 Å². The van der Waals surface area contributed by atoms with E-state index >= 15 is 0 Å². The molecule has 1 rings (SSSR count). The molecule has 0 spiro atoms. The van der Waals surface area contributed by atoms with Gasteiger partial charge in [-0.2, -0.15) is 0 Å². The Labute approximate surface area is 109 Å². The lowest BCUT2D eigenvalue weighted by molar-refractivity contribution is -0.126. The van der Waals surface area contributed by atoms with Crippen LogP contribution in [0.5, 0.6) is 0 Å². The molecule has 1 atom stereocenters. The van der Waals surface area contributed by atoms with Crippen LogP contribution in [0.4, 0.5) is 0 Å². The largest absolute Gasteiger partial charge is 0.383 e. The van der Waals surface area contributed by atoms with Gasteiger partial charge in [0.2, 0.25) is 0 Å². The van der Waals surface area contributed by atoms with Gasteiger partial charge in [0, 0.05) is 40.5 Å². The normalized spacial score (nSPS) is 24.4. The Morgan fingerprint density at radius 1 is 1.28 bits per heavy atom. The molecule has 5 nitrogen and oxygen atoms in total. The number of carbonyl (C=O) groups is 1. The number of rotatable bonds is 9. The van der Waals surface area contributed by atoms with Gasteiger partial charge in [-0.3, -0.25) is 4.90 Å².